The van der Waals surface area contributed by atoms with Crippen LogP contribution in [0.1, 0.15) is 0 Å². The normalized spacial score (nSPS) is 15.3. The van der Waals surface area contributed by atoms with Gasteiger partial charge < -0.3 is 0 Å². The van der Waals surface area contributed by atoms with Crippen molar-refractivity contribution in [2.24, 2.45) is 0 Å². The molecule has 0 aliphatic rings. The van der Waals surface area contributed by atoms with Crippen molar-refractivity contribution in [1.82, 2.24) is 0 Å². The Morgan fingerprint density at radius 3 is 1.50 bits per heavy atom. The molecule has 0 aliphatic heterocycles. The van der Waals surface area contributed by atoms with Crippen LogP contribution in [0.3, 0.4) is 0 Å². The topological polar surface area (TPSA) is 0 Å². The molecule has 6 heavy (non-hydrogen) atoms. The fraction of sp³-hybridized carbons (Fsp3) is 1.00. The van der Waals surface area contributed by atoms with Crippen molar-refractivity contribution in [3.63, 3.8) is 0 Å². The quantitative estimate of drug-likeness (QED) is 0.413. The second-order valence-electron chi connectivity index (χ2n) is 2.10. The molecule has 0 amide bonds. The molecule has 0 atom stereocenters. The summed E-state index contributed by atoms with van der Waals surface area (Å²) in [5.41, 5.74) is 0. The van der Waals surface area contributed by atoms with Crippen LogP contribution in [0.2, 0.25) is 0 Å². The van der Waals surface area contributed by atoms with Gasteiger partial charge in [0, 0.05) is 0 Å². The van der Waals surface area contributed by atoms with Crippen LogP contribution in [0.25, 0.3) is 0 Å². The summed E-state index contributed by atoms with van der Waals surface area (Å²) in [5, 5.41) is 0. The maximum absolute atomic E-state index is 5.54. The molecule has 0 aromatic carbocycles. The van der Waals surface area contributed by atoms with Crippen LogP contribution >= 0.6 is 16.1 Å². The molecule has 0 aromatic rings. The second-order valence-corrected chi connectivity index (χ2v) is 13.5. The first-order valence-corrected chi connectivity index (χ1v) is 8.34. The van der Waals surface area contributed by atoms with Crippen molar-refractivity contribution in [3.8, 4) is 0 Å². The number of rotatable bonds is 1. The van der Waals surface area contributed by atoms with Crippen molar-refractivity contribution in [1.29, 1.82) is 0 Å². The van der Waals surface area contributed by atoms with E-state index < -0.39 is 5.95 Å². The molecular weight excluding hydrogens is 158 g/mol. The van der Waals surface area contributed by atoms with E-state index in [9.17, 15) is 0 Å². The van der Waals surface area contributed by atoms with Crippen molar-refractivity contribution < 1.29 is 13.6 Å². The minimum atomic E-state index is -0.866. The van der Waals surface area contributed by atoms with E-state index in [0.29, 0.717) is 0 Å². The second kappa shape index (κ2) is 2.52. The fourth-order valence-electron chi connectivity index (χ4n) is 0. The van der Waals surface area contributed by atoms with Gasteiger partial charge in [0.05, 0.1) is 0 Å². The van der Waals surface area contributed by atoms with E-state index in [1.54, 1.807) is 0 Å². The molecule has 0 nitrogen and oxygen atoms in total. The average molecular weight is 168 g/mol. The van der Waals surface area contributed by atoms with Crippen LogP contribution in [0, 0.1) is 0 Å². The standard InChI is InChI=1S/C3H9P.ClH.Fe/c1-4(2)3;;/h1-3H3;1H;. The van der Waals surface area contributed by atoms with E-state index in [0.717, 1.165) is 13.6 Å². The van der Waals surface area contributed by atoms with Gasteiger partial charge in [-0.25, -0.2) is 0 Å². The van der Waals surface area contributed by atoms with Crippen LogP contribution < -0.4 is 0 Å². The first-order chi connectivity index (χ1) is 2.56. The first-order valence-electron chi connectivity index (χ1n) is 1.81. The van der Waals surface area contributed by atoms with Crippen LogP contribution in [0.5, 0.6) is 0 Å². The van der Waals surface area contributed by atoms with Crippen LogP contribution in [0.15, 0.2) is 0 Å². The predicted octanol–water partition coefficient (Wildman–Crippen LogP) is 1.78. The van der Waals surface area contributed by atoms with Gasteiger partial charge in [-0.3, -0.25) is 0 Å². The number of halogens is 1. The zero-order valence-corrected chi connectivity index (χ0v) is 7.09. The summed E-state index contributed by atoms with van der Waals surface area (Å²) < 4.78 is 0. The molecule has 0 saturated heterocycles. The SMILES string of the molecule is C[PH](C)(C)[Fe][Cl]. The number of hydrogen-bond acceptors (Lipinski definition) is 0. The van der Waals surface area contributed by atoms with E-state index >= 15 is 0 Å². The summed E-state index contributed by atoms with van der Waals surface area (Å²) in [6, 6.07) is 0. The Kier molecular flexibility index (Phi) is 3.04. The third kappa shape index (κ3) is 5.24. The summed E-state index contributed by atoms with van der Waals surface area (Å²) in [4.78, 5) is 0. The third-order valence-corrected chi connectivity index (χ3v) is 7.44. The van der Waals surface area contributed by atoms with Gasteiger partial charge in [0.15, 0.2) is 0 Å². The predicted molar refractivity (Wildman–Crippen MR) is 31.9 cm³/mol. The average Bonchev–Trinajstić information content (AvgIpc) is 1.35. The molecule has 0 bridgehead atoms. The number of hydrogen-bond donors (Lipinski definition) is 0. The Balaban J connectivity index is 3.17. The van der Waals surface area contributed by atoms with Gasteiger partial charge >= 0.3 is 49.6 Å². The Labute approximate surface area is 50.0 Å². The Hall–Kier alpha value is 1.24. The molecule has 0 aliphatic carbocycles. The Morgan fingerprint density at radius 2 is 1.50 bits per heavy atom. The van der Waals surface area contributed by atoms with Gasteiger partial charge in [-0.1, -0.05) is 0 Å². The summed E-state index contributed by atoms with van der Waals surface area (Å²) in [5.74, 6) is -0.866. The maximum atomic E-state index is 5.54. The van der Waals surface area contributed by atoms with Gasteiger partial charge in [-0.15, -0.1) is 0 Å². The van der Waals surface area contributed by atoms with E-state index in [2.05, 4.69) is 20.0 Å². The van der Waals surface area contributed by atoms with Gasteiger partial charge in [0.2, 0.25) is 0 Å². The molecule has 0 fully saturated rings. The Morgan fingerprint density at radius 1 is 1.33 bits per heavy atom. The zero-order chi connectivity index (χ0) is 5.21. The van der Waals surface area contributed by atoms with Crippen molar-refractivity contribution in [2.75, 3.05) is 20.0 Å². The van der Waals surface area contributed by atoms with Crippen LogP contribution in [-0.4, -0.2) is 20.0 Å². The van der Waals surface area contributed by atoms with Gasteiger partial charge in [0.1, 0.15) is 0 Å². The van der Waals surface area contributed by atoms with Gasteiger partial charge in [-0.05, 0) is 0 Å². The minimum absolute atomic E-state index is 0.866. The van der Waals surface area contributed by atoms with Crippen molar-refractivity contribution in [2.45, 2.75) is 0 Å². The molecule has 0 rings (SSSR count). The van der Waals surface area contributed by atoms with Crippen molar-refractivity contribution in [3.05, 3.63) is 0 Å². The zero-order valence-electron chi connectivity index (χ0n) is 4.23. The summed E-state index contributed by atoms with van der Waals surface area (Å²) in [6.07, 6.45) is 0. The summed E-state index contributed by atoms with van der Waals surface area (Å²) in [7, 11) is 5.54. The Bertz CT molecular complexity index is 40.5. The van der Waals surface area contributed by atoms with Crippen LogP contribution in [0.4, 0.5) is 0 Å². The van der Waals surface area contributed by atoms with E-state index in [4.69, 9.17) is 10.1 Å². The molecular formula is C3H10ClFeP. The molecule has 0 saturated carbocycles. The molecule has 0 aromatic heterocycles. The van der Waals surface area contributed by atoms with Crippen LogP contribution in [-0.2, 0) is 13.6 Å². The monoisotopic (exact) mass is 168 g/mol. The third-order valence-electron chi connectivity index (χ3n) is 0.200. The van der Waals surface area contributed by atoms with Crippen molar-refractivity contribution >= 4 is 16.1 Å². The summed E-state index contributed by atoms with van der Waals surface area (Å²) in [6.45, 7) is 6.75. The molecule has 0 radical (unpaired) electrons. The van der Waals surface area contributed by atoms with E-state index in [1.807, 2.05) is 0 Å². The molecule has 0 heterocycles. The first kappa shape index (κ1) is 7.24. The van der Waals surface area contributed by atoms with E-state index in [1.165, 1.54) is 0 Å². The molecule has 0 unspecified atom stereocenters. The van der Waals surface area contributed by atoms with Gasteiger partial charge in [0.25, 0.3) is 0 Å². The fourth-order valence-corrected chi connectivity index (χ4v) is 0. The molecule has 0 N–H and O–H groups in total. The van der Waals surface area contributed by atoms with E-state index in [-0.39, 0.29) is 0 Å². The molecule has 3 heteroatoms. The van der Waals surface area contributed by atoms with Gasteiger partial charge in [-0.2, -0.15) is 0 Å². The summed E-state index contributed by atoms with van der Waals surface area (Å²) >= 11 is 0.882. The molecule has 42 valence electrons. The molecule has 0 spiro atoms.